The number of ketones is 1. The minimum Gasteiger partial charge on any atom is -0.312 e. The molecular formula is C20H18F4N4O. The van der Waals surface area contributed by atoms with Crippen LogP contribution in [0.25, 0.3) is 16.0 Å². The Kier molecular flexibility index (Phi) is 5.94. The molecule has 1 aromatic carbocycles. The predicted octanol–water partition coefficient (Wildman–Crippen LogP) is 3.84. The van der Waals surface area contributed by atoms with E-state index in [2.05, 4.69) is 20.1 Å². The number of rotatable bonds is 5. The number of aromatic nitrogens is 2. The zero-order valence-electron chi connectivity index (χ0n) is 15.5. The van der Waals surface area contributed by atoms with Crippen molar-refractivity contribution in [2.75, 3.05) is 0 Å². The zero-order chi connectivity index (χ0) is 21.2. The Bertz CT molecular complexity index is 937. The third-order valence-electron chi connectivity index (χ3n) is 5.00. The van der Waals surface area contributed by atoms with Gasteiger partial charge in [-0.2, -0.15) is 13.2 Å². The average Bonchev–Trinajstić information content (AvgIpc) is 3.07. The van der Waals surface area contributed by atoms with Crippen LogP contribution in [0.1, 0.15) is 31.2 Å². The number of carbonyl (C=O) groups excluding carboxylic acids is 1. The summed E-state index contributed by atoms with van der Waals surface area (Å²) in [6.45, 7) is 8.98. The lowest BCUT2D eigenvalue weighted by molar-refractivity contribution is -0.145. The summed E-state index contributed by atoms with van der Waals surface area (Å²) in [6, 6.07) is 3.38. The van der Waals surface area contributed by atoms with Crippen LogP contribution in [-0.2, 0) is 17.4 Å². The van der Waals surface area contributed by atoms with Crippen LogP contribution in [0, 0.1) is 12.4 Å². The molecule has 5 nitrogen and oxygen atoms in total. The average molecular weight is 406 g/mol. The molecule has 1 aliphatic heterocycles. The number of nitrogens with zero attached hydrogens (tertiary/aromatic N) is 3. The van der Waals surface area contributed by atoms with Gasteiger partial charge in [-0.05, 0) is 36.6 Å². The minimum atomic E-state index is -4.63. The smallest absolute Gasteiger partial charge is 0.312 e. The Hall–Kier alpha value is -2.86. The number of carbonyl (C=O) groups is 1. The fourth-order valence-electron chi connectivity index (χ4n) is 3.33. The molecule has 9 heteroatoms. The summed E-state index contributed by atoms with van der Waals surface area (Å²) in [5, 5.41) is 3.09. The highest BCUT2D eigenvalue weighted by molar-refractivity contribution is 5.84. The molecule has 0 unspecified atom stereocenters. The molecule has 0 saturated carbocycles. The van der Waals surface area contributed by atoms with Crippen molar-refractivity contribution >= 4 is 5.78 Å². The monoisotopic (exact) mass is 406 g/mol. The van der Waals surface area contributed by atoms with Crippen LogP contribution < -0.4 is 5.32 Å². The zero-order valence-corrected chi connectivity index (χ0v) is 15.5. The van der Waals surface area contributed by atoms with Gasteiger partial charge in [0.25, 0.3) is 0 Å². The number of nitrogens with one attached hydrogen (secondary N) is 1. The van der Waals surface area contributed by atoms with Gasteiger partial charge in [-0.25, -0.2) is 20.9 Å². The van der Waals surface area contributed by atoms with E-state index in [4.69, 9.17) is 6.57 Å². The summed E-state index contributed by atoms with van der Waals surface area (Å²) in [6.07, 6.45) is -1.88. The lowest BCUT2D eigenvalue weighted by atomic mass is 9.98. The van der Waals surface area contributed by atoms with Crippen molar-refractivity contribution in [3.05, 3.63) is 59.2 Å². The van der Waals surface area contributed by atoms with Gasteiger partial charge >= 0.3 is 6.18 Å². The quantitative estimate of drug-likeness (QED) is 0.606. The molecule has 2 heterocycles. The molecule has 3 rings (SSSR count). The number of halogens is 4. The first-order valence-electron chi connectivity index (χ1n) is 9.02. The lowest BCUT2D eigenvalue weighted by Crippen LogP contribution is -2.35. The fraction of sp³-hybridized carbons (Fsp3) is 0.400. The van der Waals surface area contributed by atoms with Crippen LogP contribution in [0.4, 0.5) is 17.6 Å². The predicted molar refractivity (Wildman–Crippen MR) is 97.1 cm³/mol. The van der Waals surface area contributed by atoms with Gasteiger partial charge in [0, 0.05) is 30.8 Å². The van der Waals surface area contributed by atoms with Crippen LogP contribution in [-0.4, -0.2) is 33.9 Å². The number of benzene rings is 1. The maximum absolute atomic E-state index is 14.2. The molecule has 2 aromatic rings. The Morgan fingerprint density at radius 1 is 1.28 bits per heavy atom. The largest absolute Gasteiger partial charge is 0.451 e. The van der Waals surface area contributed by atoms with Crippen LogP contribution >= 0.6 is 0 Å². The highest BCUT2D eigenvalue weighted by Gasteiger charge is 2.38. The Labute approximate surface area is 165 Å². The first-order valence-corrected chi connectivity index (χ1v) is 9.02. The maximum Gasteiger partial charge on any atom is 0.451 e. The van der Waals surface area contributed by atoms with E-state index in [9.17, 15) is 22.4 Å². The van der Waals surface area contributed by atoms with Gasteiger partial charge < -0.3 is 4.85 Å². The van der Waals surface area contributed by atoms with Crippen molar-refractivity contribution < 1.29 is 22.4 Å². The molecule has 0 aliphatic carbocycles. The molecule has 0 spiro atoms. The summed E-state index contributed by atoms with van der Waals surface area (Å²) in [4.78, 5) is 22.5. The number of Topliss-reactive ketones (excluding diaryl/α,β-unsaturated/α-hetero) is 1. The van der Waals surface area contributed by atoms with Crippen molar-refractivity contribution in [1.29, 1.82) is 0 Å². The van der Waals surface area contributed by atoms with Crippen molar-refractivity contribution in [2.24, 2.45) is 0 Å². The van der Waals surface area contributed by atoms with Gasteiger partial charge in [0.05, 0.1) is 12.1 Å². The van der Waals surface area contributed by atoms with E-state index in [1.807, 2.05) is 6.92 Å². The van der Waals surface area contributed by atoms with Crippen molar-refractivity contribution in [2.45, 2.75) is 50.5 Å². The third-order valence-corrected chi connectivity index (χ3v) is 5.00. The second kappa shape index (κ2) is 8.25. The van der Waals surface area contributed by atoms with E-state index < -0.39 is 23.9 Å². The van der Waals surface area contributed by atoms with Crippen LogP contribution in [0.3, 0.4) is 0 Å². The highest BCUT2D eigenvalue weighted by Crippen LogP contribution is 2.28. The molecule has 0 amide bonds. The molecule has 1 aromatic heterocycles. The van der Waals surface area contributed by atoms with Gasteiger partial charge in [-0.15, -0.1) is 0 Å². The van der Waals surface area contributed by atoms with Crippen molar-refractivity contribution in [1.82, 2.24) is 15.3 Å². The van der Waals surface area contributed by atoms with E-state index >= 15 is 0 Å². The first-order chi connectivity index (χ1) is 13.7. The topological polar surface area (TPSA) is 59.2 Å². The fourth-order valence-corrected chi connectivity index (χ4v) is 3.33. The molecule has 152 valence electrons. The van der Waals surface area contributed by atoms with Crippen molar-refractivity contribution in [3.63, 3.8) is 0 Å². The van der Waals surface area contributed by atoms with Crippen LogP contribution in [0.15, 0.2) is 30.6 Å². The molecule has 1 saturated heterocycles. The molecule has 3 atom stereocenters. The molecule has 1 N–H and O–H groups in total. The SMILES string of the molecule is [C-]#[N+][C@@H]1C[C@@H](C(=O)CCc2cc(-c3cnc(C(F)(F)F)nc3)ccc2F)N[C@H]1C. The molecule has 1 aliphatic rings. The Morgan fingerprint density at radius 3 is 2.55 bits per heavy atom. The number of aryl methyl sites for hydroxylation is 1. The normalized spacial score (nSPS) is 21.7. The minimum absolute atomic E-state index is 0.0683. The second-order valence-electron chi connectivity index (χ2n) is 7.01. The Balaban J connectivity index is 1.70. The van der Waals surface area contributed by atoms with Gasteiger partial charge in [0.1, 0.15) is 11.6 Å². The number of hydrogen-bond donors (Lipinski definition) is 1. The van der Waals surface area contributed by atoms with Gasteiger partial charge in [-0.3, -0.25) is 10.1 Å². The summed E-state index contributed by atoms with van der Waals surface area (Å²) in [7, 11) is 0. The van der Waals surface area contributed by atoms with Crippen LogP contribution in [0.5, 0.6) is 0 Å². The van der Waals surface area contributed by atoms with Crippen LogP contribution in [0.2, 0.25) is 0 Å². The molecule has 29 heavy (non-hydrogen) atoms. The summed E-state index contributed by atoms with van der Waals surface area (Å²) < 4.78 is 51.9. The third kappa shape index (κ3) is 4.77. The van der Waals surface area contributed by atoms with Gasteiger partial charge in [-0.1, -0.05) is 6.07 Å². The van der Waals surface area contributed by atoms with E-state index in [0.717, 1.165) is 12.4 Å². The van der Waals surface area contributed by atoms with E-state index in [-0.39, 0.29) is 36.3 Å². The van der Waals surface area contributed by atoms with E-state index in [0.29, 0.717) is 17.5 Å². The van der Waals surface area contributed by atoms with Crippen molar-refractivity contribution in [3.8, 4) is 11.1 Å². The summed E-state index contributed by atoms with van der Waals surface area (Å²) in [5.41, 5.74) is 1.06. The van der Waals surface area contributed by atoms with E-state index in [1.165, 1.54) is 18.2 Å². The molecule has 1 fully saturated rings. The Morgan fingerprint density at radius 2 is 1.97 bits per heavy atom. The molecule has 0 radical (unpaired) electrons. The highest BCUT2D eigenvalue weighted by atomic mass is 19.4. The first kappa shape index (κ1) is 20.9. The van der Waals surface area contributed by atoms with Gasteiger partial charge in [0.15, 0.2) is 0 Å². The molecular weight excluding hydrogens is 388 g/mol. The standard InChI is InChI=1S/C20H18F4N4O/c1-11-16(25-2)8-17(28-11)18(29)6-4-13-7-12(3-5-15(13)21)14-9-26-19(27-10-14)20(22,23)24/h3,5,7,9-11,16-17,28H,4,6,8H2,1H3/t11-,16+,17-/m0/s1. The van der Waals surface area contributed by atoms with Gasteiger partial charge in [0.2, 0.25) is 11.9 Å². The number of hydrogen-bond acceptors (Lipinski definition) is 4. The summed E-state index contributed by atoms with van der Waals surface area (Å²) >= 11 is 0. The molecule has 0 bridgehead atoms. The lowest BCUT2D eigenvalue weighted by Gasteiger charge is -2.11. The number of alkyl halides is 3. The maximum atomic E-state index is 14.2. The summed E-state index contributed by atoms with van der Waals surface area (Å²) in [5.74, 6) is -1.84. The second-order valence-corrected chi connectivity index (χ2v) is 7.01. The van der Waals surface area contributed by atoms with E-state index in [1.54, 1.807) is 0 Å².